The Morgan fingerprint density at radius 3 is 2.33 bits per heavy atom. The first-order valence-corrected chi connectivity index (χ1v) is 6.74. The summed E-state index contributed by atoms with van der Waals surface area (Å²) in [5.74, 6) is 0. The molecule has 0 N–H and O–H groups in total. The molecule has 0 bridgehead atoms. The third-order valence-corrected chi connectivity index (χ3v) is 3.75. The molecule has 0 atom stereocenters. The third-order valence-electron chi connectivity index (χ3n) is 3.75. The van der Waals surface area contributed by atoms with E-state index < -0.39 is 0 Å². The van der Waals surface area contributed by atoms with Crippen LogP contribution in [0.5, 0.6) is 0 Å². The molecule has 2 aliphatic rings. The molecule has 0 saturated heterocycles. The summed E-state index contributed by atoms with van der Waals surface area (Å²) >= 11 is 0. The molecule has 0 radical (unpaired) electrons. The van der Waals surface area contributed by atoms with Gasteiger partial charge in [0.25, 0.3) is 0 Å². The average molecular weight is 208 g/mol. The van der Waals surface area contributed by atoms with E-state index in [0.29, 0.717) is 6.10 Å². The van der Waals surface area contributed by atoms with Crippen LogP contribution in [0.25, 0.3) is 0 Å². The van der Waals surface area contributed by atoms with Crippen molar-refractivity contribution in [1.29, 1.82) is 0 Å². The summed E-state index contributed by atoms with van der Waals surface area (Å²) < 4.78 is 5.91. The lowest BCUT2D eigenvalue weighted by atomic mass is 9.95. The molecule has 15 heavy (non-hydrogen) atoms. The summed E-state index contributed by atoms with van der Waals surface area (Å²) in [6.45, 7) is 0.875. The fraction of sp³-hybridized carbons (Fsp3) is 0.857. The lowest BCUT2D eigenvalue weighted by Crippen LogP contribution is -2.16. The Balaban J connectivity index is 1.64. The maximum absolute atomic E-state index is 5.91. The molecular weight excluding hydrogens is 184 g/mol. The largest absolute Gasteiger partial charge is 0.374 e. The highest BCUT2D eigenvalue weighted by Gasteiger charge is 2.13. The van der Waals surface area contributed by atoms with Gasteiger partial charge in [0, 0.05) is 0 Å². The zero-order valence-corrected chi connectivity index (χ0v) is 9.84. The van der Waals surface area contributed by atoms with Crippen molar-refractivity contribution in [3.05, 3.63) is 11.6 Å². The van der Waals surface area contributed by atoms with Gasteiger partial charge in [-0.3, -0.25) is 0 Å². The van der Waals surface area contributed by atoms with Gasteiger partial charge in [-0.1, -0.05) is 37.3 Å². The highest BCUT2D eigenvalue weighted by molar-refractivity contribution is 5.04. The monoisotopic (exact) mass is 208 g/mol. The van der Waals surface area contributed by atoms with E-state index in [0.717, 1.165) is 6.61 Å². The van der Waals surface area contributed by atoms with Crippen LogP contribution >= 0.6 is 0 Å². The first-order valence-electron chi connectivity index (χ1n) is 6.74. The van der Waals surface area contributed by atoms with Gasteiger partial charge in [-0.15, -0.1) is 0 Å². The summed E-state index contributed by atoms with van der Waals surface area (Å²) in [4.78, 5) is 0. The van der Waals surface area contributed by atoms with E-state index in [1.54, 1.807) is 5.57 Å². The van der Waals surface area contributed by atoms with Gasteiger partial charge in [-0.05, 0) is 38.5 Å². The van der Waals surface area contributed by atoms with Gasteiger partial charge in [0.2, 0.25) is 0 Å². The highest BCUT2D eigenvalue weighted by Crippen LogP contribution is 2.23. The Hall–Kier alpha value is -0.300. The summed E-state index contributed by atoms with van der Waals surface area (Å²) in [5, 5.41) is 0. The van der Waals surface area contributed by atoms with Crippen molar-refractivity contribution < 1.29 is 4.74 Å². The van der Waals surface area contributed by atoms with Crippen molar-refractivity contribution in [3.8, 4) is 0 Å². The van der Waals surface area contributed by atoms with Gasteiger partial charge >= 0.3 is 0 Å². The lowest BCUT2D eigenvalue weighted by molar-refractivity contribution is 0.0461. The molecule has 1 heteroatoms. The Kier molecular flexibility index (Phi) is 4.72. The van der Waals surface area contributed by atoms with Crippen LogP contribution in [0.4, 0.5) is 0 Å². The Morgan fingerprint density at radius 2 is 1.60 bits per heavy atom. The van der Waals surface area contributed by atoms with Crippen LogP contribution in [-0.2, 0) is 4.74 Å². The van der Waals surface area contributed by atoms with Crippen molar-refractivity contribution in [3.63, 3.8) is 0 Å². The maximum atomic E-state index is 5.91. The van der Waals surface area contributed by atoms with Crippen molar-refractivity contribution in [2.75, 3.05) is 6.61 Å². The van der Waals surface area contributed by atoms with Crippen molar-refractivity contribution >= 4 is 0 Å². The van der Waals surface area contributed by atoms with E-state index in [1.807, 2.05) is 0 Å². The van der Waals surface area contributed by atoms with Crippen LogP contribution in [0.1, 0.15) is 64.2 Å². The van der Waals surface area contributed by atoms with Gasteiger partial charge in [-0.2, -0.15) is 0 Å². The molecule has 2 fully saturated rings. The Bertz CT molecular complexity index is 193. The standard InChI is InChI=1S/C14H24O/c1-3-7-13(8-4-1)11-12-15-14-9-5-2-6-10-14/h11,14H,1-10,12H2. The maximum Gasteiger partial charge on any atom is 0.0653 e. The fourth-order valence-corrected chi connectivity index (χ4v) is 2.74. The van der Waals surface area contributed by atoms with E-state index in [4.69, 9.17) is 4.74 Å². The van der Waals surface area contributed by atoms with E-state index >= 15 is 0 Å². The van der Waals surface area contributed by atoms with E-state index in [1.165, 1.54) is 64.2 Å². The first kappa shape index (κ1) is 11.2. The molecule has 2 aliphatic carbocycles. The minimum atomic E-state index is 0.569. The number of hydrogen-bond donors (Lipinski definition) is 0. The molecule has 86 valence electrons. The summed E-state index contributed by atoms with van der Waals surface area (Å²) in [6.07, 6.45) is 16.6. The molecule has 1 nitrogen and oxygen atoms in total. The fourth-order valence-electron chi connectivity index (χ4n) is 2.74. The topological polar surface area (TPSA) is 9.23 Å². The van der Waals surface area contributed by atoms with Crippen LogP contribution in [-0.4, -0.2) is 12.7 Å². The van der Waals surface area contributed by atoms with Crippen molar-refractivity contribution in [2.24, 2.45) is 0 Å². The van der Waals surface area contributed by atoms with Gasteiger partial charge in [0.1, 0.15) is 0 Å². The average Bonchev–Trinajstić information content (AvgIpc) is 2.32. The molecule has 0 spiro atoms. The molecule has 0 aromatic heterocycles. The number of ether oxygens (including phenoxy) is 1. The molecule has 2 saturated carbocycles. The number of hydrogen-bond acceptors (Lipinski definition) is 1. The van der Waals surface area contributed by atoms with Crippen LogP contribution < -0.4 is 0 Å². The SMILES string of the molecule is C(COC1CCCCC1)=C1CCCCC1. The number of rotatable bonds is 3. The lowest BCUT2D eigenvalue weighted by Gasteiger charge is -2.21. The molecule has 0 unspecified atom stereocenters. The van der Waals surface area contributed by atoms with Crippen LogP contribution in [0.15, 0.2) is 11.6 Å². The summed E-state index contributed by atoms with van der Waals surface area (Å²) in [6, 6.07) is 0. The van der Waals surface area contributed by atoms with E-state index in [-0.39, 0.29) is 0 Å². The second-order valence-corrected chi connectivity index (χ2v) is 5.02. The Morgan fingerprint density at radius 1 is 0.933 bits per heavy atom. The van der Waals surface area contributed by atoms with Gasteiger partial charge in [-0.25, -0.2) is 0 Å². The molecule has 0 heterocycles. The van der Waals surface area contributed by atoms with Crippen LogP contribution in [0.2, 0.25) is 0 Å². The van der Waals surface area contributed by atoms with Gasteiger partial charge in [0.05, 0.1) is 12.7 Å². The van der Waals surface area contributed by atoms with Crippen molar-refractivity contribution in [1.82, 2.24) is 0 Å². The molecule has 2 rings (SSSR count). The smallest absolute Gasteiger partial charge is 0.0653 e. The summed E-state index contributed by atoms with van der Waals surface area (Å²) in [7, 11) is 0. The molecule has 0 aromatic rings. The minimum Gasteiger partial charge on any atom is -0.374 e. The van der Waals surface area contributed by atoms with Crippen LogP contribution in [0.3, 0.4) is 0 Å². The predicted octanol–water partition coefficient (Wildman–Crippen LogP) is 4.23. The normalized spacial score (nSPS) is 24.1. The minimum absolute atomic E-state index is 0.569. The predicted molar refractivity (Wildman–Crippen MR) is 64.0 cm³/mol. The highest BCUT2D eigenvalue weighted by atomic mass is 16.5. The number of allylic oxidation sites excluding steroid dienone is 1. The quantitative estimate of drug-likeness (QED) is 0.631. The van der Waals surface area contributed by atoms with Gasteiger partial charge in [0.15, 0.2) is 0 Å². The summed E-state index contributed by atoms with van der Waals surface area (Å²) in [5.41, 5.74) is 1.65. The third kappa shape index (κ3) is 3.98. The second kappa shape index (κ2) is 6.32. The van der Waals surface area contributed by atoms with E-state index in [9.17, 15) is 0 Å². The van der Waals surface area contributed by atoms with Crippen LogP contribution in [0, 0.1) is 0 Å². The Labute approximate surface area is 93.9 Å². The van der Waals surface area contributed by atoms with Crippen molar-refractivity contribution in [2.45, 2.75) is 70.3 Å². The molecule has 0 amide bonds. The molecule has 0 aliphatic heterocycles. The zero-order chi connectivity index (χ0) is 10.3. The second-order valence-electron chi connectivity index (χ2n) is 5.02. The zero-order valence-electron chi connectivity index (χ0n) is 9.84. The molecule has 0 aromatic carbocycles. The van der Waals surface area contributed by atoms with Gasteiger partial charge < -0.3 is 4.74 Å². The van der Waals surface area contributed by atoms with E-state index in [2.05, 4.69) is 6.08 Å². The molecular formula is C14H24O. The first-order chi connectivity index (χ1) is 7.45.